The van der Waals surface area contributed by atoms with Gasteiger partial charge in [0.1, 0.15) is 11.3 Å². The van der Waals surface area contributed by atoms with Crippen LogP contribution in [-0.4, -0.2) is 43.2 Å². The number of amides is 1. The molecular formula is C22H24ClFN8O2. The van der Waals surface area contributed by atoms with Gasteiger partial charge in [-0.3, -0.25) is 9.36 Å². The van der Waals surface area contributed by atoms with Crippen LogP contribution in [0.3, 0.4) is 0 Å². The van der Waals surface area contributed by atoms with Crippen LogP contribution in [0.15, 0.2) is 18.3 Å². The van der Waals surface area contributed by atoms with Crippen LogP contribution in [0.25, 0.3) is 11.2 Å². The van der Waals surface area contributed by atoms with E-state index < -0.39 is 5.82 Å². The van der Waals surface area contributed by atoms with Crippen molar-refractivity contribution in [2.75, 3.05) is 17.2 Å². The monoisotopic (exact) mass is 486 g/mol. The number of halogens is 2. The molecular weight excluding hydrogens is 463 g/mol. The lowest BCUT2D eigenvalue weighted by atomic mass is 9.85. The van der Waals surface area contributed by atoms with Crippen molar-refractivity contribution in [1.82, 2.24) is 19.5 Å². The first-order chi connectivity index (χ1) is 16.3. The van der Waals surface area contributed by atoms with Crippen LogP contribution in [0.5, 0.6) is 0 Å². The standard InChI is InChI=1S/C22H24ClFN8O2/c1-11(10-33)28-21-27-9-17-20(31-21)32(14-4-2-13(3-5-14)19(26)34)22(29-17)30-18-15(23)6-12(8-25)7-16(18)24/h6-7,9,11,13-14,33H,2-5,10H2,1H3,(H2,26,34)(H,29,30)(H,27,28,31)/t11-,13-,14-/m0/s1. The summed E-state index contributed by atoms with van der Waals surface area (Å²) in [4.78, 5) is 25.1. The van der Waals surface area contributed by atoms with Gasteiger partial charge in [-0.1, -0.05) is 11.6 Å². The quantitative estimate of drug-likeness (QED) is 0.396. The lowest BCUT2D eigenvalue weighted by molar-refractivity contribution is -0.122. The van der Waals surface area contributed by atoms with Crippen LogP contribution in [0.2, 0.25) is 5.02 Å². The van der Waals surface area contributed by atoms with E-state index in [1.165, 1.54) is 6.07 Å². The summed E-state index contributed by atoms with van der Waals surface area (Å²) in [5.41, 5.74) is 6.57. The van der Waals surface area contributed by atoms with Gasteiger partial charge in [-0.2, -0.15) is 10.2 Å². The smallest absolute Gasteiger partial charge is 0.225 e. The number of nitrogens with zero attached hydrogens (tertiary/aromatic N) is 5. The van der Waals surface area contributed by atoms with Gasteiger partial charge in [-0.05, 0) is 44.7 Å². The molecule has 1 saturated carbocycles. The van der Waals surface area contributed by atoms with Gasteiger partial charge in [-0.15, -0.1) is 0 Å². The van der Waals surface area contributed by atoms with E-state index in [0.717, 1.165) is 6.07 Å². The second kappa shape index (κ2) is 9.79. The molecule has 1 fully saturated rings. The summed E-state index contributed by atoms with van der Waals surface area (Å²) in [6, 6.07) is 3.99. The van der Waals surface area contributed by atoms with E-state index in [1.54, 1.807) is 13.1 Å². The third-order valence-corrected chi connectivity index (χ3v) is 6.25. The number of carbonyl (C=O) groups excluding carboxylic acids is 1. The summed E-state index contributed by atoms with van der Waals surface area (Å²) in [5, 5.41) is 24.4. The number of aliphatic hydroxyl groups is 1. The van der Waals surface area contributed by atoms with Gasteiger partial charge >= 0.3 is 0 Å². The Morgan fingerprint density at radius 2 is 2.12 bits per heavy atom. The Labute approximate surface area is 200 Å². The molecule has 1 aromatic carbocycles. The molecule has 1 aliphatic carbocycles. The lowest BCUT2D eigenvalue weighted by Gasteiger charge is -2.29. The van der Waals surface area contributed by atoms with Crippen LogP contribution in [0, 0.1) is 23.1 Å². The summed E-state index contributed by atoms with van der Waals surface area (Å²) >= 11 is 6.25. The highest BCUT2D eigenvalue weighted by Gasteiger charge is 2.29. The number of carbonyl (C=O) groups is 1. The normalized spacial score (nSPS) is 18.9. The first-order valence-corrected chi connectivity index (χ1v) is 11.3. The van der Waals surface area contributed by atoms with Gasteiger partial charge in [0.15, 0.2) is 5.65 Å². The van der Waals surface area contributed by atoms with Crippen LogP contribution in [-0.2, 0) is 4.79 Å². The Morgan fingerprint density at radius 1 is 1.38 bits per heavy atom. The Kier molecular flexibility index (Phi) is 6.81. The van der Waals surface area contributed by atoms with E-state index in [-0.39, 0.29) is 46.8 Å². The van der Waals surface area contributed by atoms with Crippen molar-refractivity contribution in [2.45, 2.75) is 44.7 Å². The zero-order valence-corrected chi connectivity index (χ0v) is 19.2. The van der Waals surface area contributed by atoms with Crippen LogP contribution in [0.1, 0.15) is 44.2 Å². The van der Waals surface area contributed by atoms with E-state index in [0.29, 0.717) is 48.7 Å². The van der Waals surface area contributed by atoms with Gasteiger partial charge in [0.25, 0.3) is 0 Å². The molecule has 0 unspecified atom stereocenters. The maximum Gasteiger partial charge on any atom is 0.225 e. The number of primary amides is 1. The first kappa shape index (κ1) is 23.7. The molecule has 0 saturated heterocycles. The molecule has 4 rings (SSSR count). The van der Waals surface area contributed by atoms with Gasteiger partial charge in [0.2, 0.25) is 17.8 Å². The Bertz CT molecular complexity index is 1240. The second-order valence-electron chi connectivity index (χ2n) is 8.40. The molecule has 0 spiro atoms. The molecule has 0 radical (unpaired) electrons. The van der Waals surface area contributed by atoms with E-state index in [1.807, 2.05) is 10.6 Å². The van der Waals surface area contributed by atoms with E-state index in [2.05, 4.69) is 25.6 Å². The number of hydrogen-bond acceptors (Lipinski definition) is 8. The van der Waals surface area contributed by atoms with Gasteiger partial charge in [0, 0.05) is 18.0 Å². The third-order valence-electron chi connectivity index (χ3n) is 5.95. The van der Waals surface area contributed by atoms with Crippen molar-refractivity contribution in [1.29, 1.82) is 5.26 Å². The van der Waals surface area contributed by atoms with Crippen LogP contribution < -0.4 is 16.4 Å². The molecule has 1 aliphatic rings. The number of nitriles is 1. The zero-order valence-electron chi connectivity index (χ0n) is 18.4. The largest absolute Gasteiger partial charge is 0.394 e. The fraction of sp³-hybridized carbons (Fsp3) is 0.409. The number of nitrogens with one attached hydrogen (secondary N) is 2. The average molecular weight is 487 g/mol. The molecule has 5 N–H and O–H groups in total. The maximum absolute atomic E-state index is 14.8. The number of nitrogens with two attached hydrogens (primary N) is 1. The van der Waals surface area contributed by atoms with Gasteiger partial charge in [0.05, 0.1) is 35.1 Å². The fourth-order valence-corrected chi connectivity index (χ4v) is 4.40. The maximum atomic E-state index is 14.8. The summed E-state index contributed by atoms with van der Waals surface area (Å²) in [6.45, 7) is 1.69. The van der Waals surface area contributed by atoms with Crippen molar-refractivity contribution < 1.29 is 14.3 Å². The van der Waals surface area contributed by atoms with E-state index in [4.69, 9.17) is 22.6 Å². The number of aliphatic hydroxyl groups excluding tert-OH is 1. The topological polar surface area (TPSA) is 155 Å². The molecule has 2 aromatic heterocycles. The van der Waals surface area contributed by atoms with Crippen molar-refractivity contribution in [3.8, 4) is 6.07 Å². The molecule has 10 nitrogen and oxygen atoms in total. The summed E-state index contributed by atoms with van der Waals surface area (Å²) in [5.74, 6) is -0.569. The highest BCUT2D eigenvalue weighted by atomic mass is 35.5. The molecule has 178 valence electrons. The minimum absolute atomic E-state index is 0.0109. The number of imidazole rings is 1. The molecule has 1 amide bonds. The van der Waals surface area contributed by atoms with Gasteiger partial charge in [-0.25, -0.2) is 14.4 Å². The number of benzene rings is 1. The minimum Gasteiger partial charge on any atom is -0.394 e. The Balaban J connectivity index is 1.77. The molecule has 34 heavy (non-hydrogen) atoms. The van der Waals surface area contributed by atoms with E-state index >= 15 is 0 Å². The van der Waals surface area contributed by atoms with E-state index in [9.17, 15) is 14.3 Å². The van der Waals surface area contributed by atoms with Crippen molar-refractivity contribution in [3.63, 3.8) is 0 Å². The van der Waals surface area contributed by atoms with Crippen molar-refractivity contribution in [2.24, 2.45) is 11.7 Å². The first-order valence-electron chi connectivity index (χ1n) is 10.9. The second-order valence-corrected chi connectivity index (χ2v) is 8.80. The Hall–Kier alpha value is -3.49. The zero-order chi connectivity index (χ0) is 24.4. The van der Waals surface area contributed by atoms with Crippen LogP contribution in [0.4, 0.5) is 22.0 Å². The highest BCUT2D eigenvalue weighted by Crippen LogP contribution is 2.38. The molecule has 1 atom stereocenters. The van der Waals surface area contributed by atoms with Crippen molar-refractivity contribution >= 4 is 46.3 Å². The summed E-state index contributed by atoms with van der Waals surface area (Å²) in [6.07, 6.45) is 4.07. The number of aromatic nitrogens is 4. The molecule has 12 heteroatoms. The number of hydrogen-bond donors (Lipinski definition) is 4. The molecule has 3 aromatic rings. The third kappa shape index (κ3) is 4.73. The lowest BCUT2D eigenvalue weighted by Crippen LogP contribution is -2.29. The number of anilines is 3. The average Bonchev–Trinajstić information content (AvgIpc) is 3.18. The van der Waals surface area contributed by atoms with Gasteiger partial charge < -0.3 is 21.5 Å². The molecule has 2 heterocycles. The summed E-state index contributed by atoms with van der Waals surface area (Å²) in [7, 11) is 0. The number of fused-ring (bicyclic) bond motifs is 1. The molecule has 0 bridgehead atoms. The Morgan fingerprint density at radius 3 is 2.74 bits per heavy atom. The SMILES string of the molecule is C[C@@H](CO)Nc1ncc2nc(Nc3c(F)cc(C#N)cc3Cl)n([C@H]3CC[C@H](C(N)=O)CC3)c2n1. The van der Waals surface area contributed by atoms with Crippen molar-refractivity contribution in [3.05, 3.63) is 34.7 Å². The minimum atomic E-state index is -0.690. The number of rotatable bonds is 7. The fourth-order valence-electron chi connectivity index (χ4n) is 4.15. The predicted molar refractivity (Wildman–Crippen MR) is 125 cm³/mol. The predicted octanol–water partition coefficient (Wildman–Crippen LogP) is 3.24. The summed E-state index contributed by atoms with van der Waals surface area (Å²) < 4.78 is 16.6. The highest BCUT2D eigenvalue weighted by molar-refractivity contribution is 6.33. The molecule has 0 aliphatic heterocycles. The van der Waals surface area contributed by atoms with Crippen LogP contribution >= 0.6 is 11.6 Å².